The van der Waals surface area contributed by atoms with Gasteiger partial charge in [0, 0.05) is 35.0 Å². The number of carbonyl (C=O) groups excluding carboxylic acids is 1. The van der Waals surface area contributed by atoms with Crippen LogP contribution in [0.3, 0.4) is 0 Å². The molecular formula is C20H17ClN2O3S. The SMILES string of the molecule is COc1cc(NC(=O)c2cccnc2Sc2ccccc2Cl)cc(OC)c1. The van der Waals surface area contributed by atoms with Gasteiger partial charge in [0.15, 0.2) is 0 Å². The summed E-state index contributed by atoms with van der Waals surface area (Å²) in [6.07, 6.45) is 1.64. The van der Waals surface area contributed by atoms with Crippen molar-refractivity contribution in [1.29, 1.82) is 0 Å². The molecule has 1 amide bonds. The normalized spacial score (nSPS) is 10.3. The predicted octanol–water partition coefficient (Wildman–Crippen LogP) is 5.16. The Labute approximate surface area is 166 Å². The van der Waals surface area contributed by atoms with Crippen LogP contribution in [0.25, 0.3) is 0 Å². The van der Waals surface area contributed by atoms with Gasteiger partial charge in [-0.15, -0.1) is 0 Å². The molecule has 1 N–H and O–H groups in total. The number of aromatic nitrogens is 1. The van der Waals surface area contributed by atoms with Crippen LogP contribution < -0.4 is 14.8 Å². The highest BCUT2D eigenvalue weighted by Gasteiger charge is 2.15. The van der Waals surface area contributed by atoms with Crippen molar-refractivity contribution in [2.24, 2.45) is 0 Å². The summed E-state index contributed by atoms with van der Waals surface area (Å²) >= 11 is 7.57. The van der Waals surface area contributed by atoms with Gasteiger partial charge in [-0.3, -0.25) is 4.79 Å². The molecule has 0 spiro atoms. The van der Waals surface area contributed by atoms with Gasteiger partial charge in [0.05, 0.1) is 24.8 Å². The number of rotatable bonds is 6. The Morgan fingerprint density at radius 3 is 2.41 bits per heavy atom. The molecule has 0 aliphatic rings. The van der Waals surface area contributed by atoms with E-state index in [1.807, 2.05) is 18.2 Å². The number of benzene rings is 2. The van der Waals surface area contributed by atoms with Crippen molar-refractivity contribution >= 4 is 35.0 Å². The maximum atomic E-state index is 12.8. The quantitative estimate of drug-likeness (QED) is 0.619. The fourth-order valence-corrected chi connectivity index (χ4v) is 3.51. The molecule has 1 aromatic heterocycles. The number of hydrogen-bond acceptors (Lipinski definition) is 5. The van der Waals surface area contributed by atoms with Gasteiger partial charge in [-0.2, -0.15) is 0 Å². The summed E-state index contributed by atoms with van der Waals surface area (Å²) in [4.78, 5) is 18.0. The topological polar surface area (TPSA) is 60.5 Å². The van der Waals surface area contributed by atoms with E-state index in [9.17, 15) is 4.79 Å². The number of nitrogens with one attached hydrogen (secondary N) is 1. The van der Waals surface area contributed by atoms with Crippen molar-refractivity contribution in [3.63, 3.8) is 0 Å². The minimum Gasteiger partial charge on any atom is -0.497 e. The van der Waals surface area contributed by atoms with E-state index in [0.717, 1.165) is 4.90 Å². The fourth-order valence-electron chi connectivity index (χ4n) is 2.35. The number of nitrogens with zero attached hydrogens (tertiary/aromatic N) is 1. The number of carbonyl (C=O) groups is 1. The van der Waals surface area contributed by atoms with Crippen LogP contribution in [0.1, 0.15) is 10.4 Å². The minimum absolute atomic E-state index is 0.284. The van der Waals surface area contributed by atoms with Crippen LogP contribution in [0.5, 0.6) is 11.5 Å². The van der Waals surface area contributed by atoms with Gasteiger partial charge in [0.1, 0.15) is 16.5 Å². The maximum absolute atomic E-state index is 12.8. The van der Waals surface area contributed by atoms with E-state index in [0.29, 0.717) is 32.8 Å². The molecule has 0 aliphatic carbocycles. The molecule has 1 heterocycles. The predicted molar refractivity (Wildman–Crippen MR) is 107 cm³/mol. The van der Waals surface area contributed by atoms with Crippen molar-refractivity contribution in [2.45, 2.75) is 9.92 Å². The molecule has 3 rings (SSSR count). The number of ether oxygens (including phenoxy) is 2. The second kappa shape index (κ2) is 8.79. The Kier molecular flexibility index (Phi) is 6.21. The molecule has 7 heteroatoms. The van der Waals surface area contributed by atoms with Crippen LogP contribution in [0.4, 0.5) is 5.69 Å². The van der Waals surface area contributed by atoms with Gasteiger partial charge >= 0.3 is 0 Å². The monoisotopic (exact) mass is 400 g/mol. The molecule has 3 aromatic rings. The molecule has 27 heavy (non-hydrogen) atoms. The summed E-state index contributed by atoms with van der Waals surface area (Å²) in [5.74, 6) is 0.885. The highest BCUT2D eigenvalue weighted by Crippen LogP contribution is 2.34. The summed E-state index contributed by atoms with van der Waals surface area (Å²) in [6.45, 7) is 0. The number of hydrogen-bond donors (Lipinski definition) is 1. The minimum atomic E-state index is -0.284. The van der Waals surface area contributed by atoms with Gasteiger partial charge in [-0.05, 0) is 24.3 Å². The Balaban J connectivity index is 1.87. The molecule has 0 radical (unpaired) electrons. The van der Waals surface area contributed by atoms with Crippen LogP contribution >= 0.6 is 23.4 Å². The third kappa shape index (κ3) is 4.72. The highest BCUT2D eigenvalue weighted by atomic mass is 35.5. The molecule has 2 aromatic carbocycles. The number of halogens is 1. The van der Waals surface area contributed by atoms with Crippen LogP contribution in [0, 0.1) is 0 Å². The van der Waals surface area contributed by atoms with E-state index >= 15 is 0 Å². The largest absolute Gasteiger partial charge is 0.497 e. The van der Waals surface area contributed by atoms with E-state index < -0.39 is 0 Å². The van der Waals surface area contributed by atoms with Crippen LogP contribution in [-0.4, -0.2) is 25.1 Å². The molecule has 0 aliphatic heterocycles. The molecule has 138 valence electrons. The highest BCUT2D eigenvalue weighted by molar-refractivity contribution is 7.99. The lowest BCUT2D eigenvalue weighted by Crippen LogP contribution is -2.13. The maximum Gasteiger partial charge on any atom is 0.258 e. The van der Waals surface area contributed by atoms with Gasteiger partial charge < -0.3 is 14.8 Å². The second-order valence-corrected chi connectivity index (χ2v) is 6.88. The zero-order chi connectivity index (χ0) is 19.2. The molecule has 0 atom stereocenters. The number of anilines is 1. The van der Waals surface area contributed by atoms with Crippen molar-refractivity contribution in [1.82, 2.24) is 4.98 Å². The van der Waals surface area contributed by atoms with E-state index in [-0.39, 0.29) is 5.91 Å². The summed E-state index contributed by atoms with van der Waals surface area (Å²) in [6, 6.07) is 16.0. The lowest BCUT2D eigenvalue weighted by atomic mass is 10.2. The van der Waals surface area contributed by atoms with Gasteiger partial charge in [-0.25, -0.2) is 4.98 Å². The molecule has 0 saturated carbocycles. The number of methoxy groups -OCH3 is 2. The first-order chi connectivity index (χ1) is 13.1. The average molecular weight is 401 g/mol. The Hall–Kier alpha value is -2.70. The van der Waals surface area contributed by atoms with Crippen LogP contribution in [0.2, 0.25) is 5.02 Å². The summed E-state index contributed by atoms with van der Waals surface area (Å²) < 4.78 is 10.5. The van der Waals surface area contributed by atoms with Crippen molar-refractivity contribution in [3.8, 4) is 11.5 Å². The molecule has 0 saturated heterocycles. The Bertz CT molecular complexity index is 943. The fraction of sp³-hybridized carbons (Fsp3) is 0.100. The second-order valence-electron chi connectivity index (χ2n) is 5.44. The van der Waals surface area contributed by atoms with E-state index in [1.54, 1.807) is 56.8 Å². The Morgan fingerprint density at radius 2 is 1.74 bits per heavy atom. The van der Waals surface area contributed by atoms with Crippen molar-refractivity contribution in [2.75, 3.05) is 19.5 Å². The first kappa shape index (κ1) is 19.1. The van der Waals surface area contributed by atoms with Crippen molar-refractivity contribution in [3.05, 3.63) is 71.4 Å². The van der Waals surface area contributed by atoms with Gasteiger partial charge in [0.2, 0.25) is 0 Å². The lowest BCUT2D eigenvalue weighted by molar-refractivity contribution is 0.102. The van der Waals surface area contributed by atoms with E-state index in [2.05, 4.69) is 10.3 Å². The smallest absolute Gasteiger partial charge is 0.258 e. The van der Waals surface area contributed by atoms with Gasteiger partial charge in [0.25, 0.3) is 5.91 Å². The molecular weight excluding hydrogens is 384 g/mol. The summed E-state index contributed by atoms with van der Waals surface area (Å²) in [5.41, 5.74) is 1.01. The van der Waals surface area contributed by atoms with Gasteiger partial charge in [-0.1, -0.05) is 35.5 Å². The van der Waals surface area contributed by atoms with E-state index in [1.165, 1.54) is 11.8 Å². The Morgan fingerprint density at radius 1 is 1.04 bits per heavy atom. The summed E-state index contributed by atoms with van der Waals surface area (Å²) in [7, 11) is 3.11. The molecule has 5 nitrogen and oxygen atoms in total. The lowest BCUT2D eigenvalue weighted by Gasteiger charge is -2.12. The van der Waals surface area contributed by atoms with Crippen LogP contribution in [-0.2, 0) is 0 Å². The first-order valence-electron chi connectivity index (χ1n) is 8.02. The summed E-state index contributed by atoms with van der Waals surface area (Å²) in [5, 5.41) is 4.04. The molecule has 0 bridgehead atoms. The van der Waals surface area contributed by atoms with Crippen LogP contribution in [0.15, 0.2) is 70.7 Å². The number of amides is 1. The molecule has 0 unspecified atom stereocenters. The van der Waals surface area contributed by atoms with E-state index in [4.69, 9.17) is 21.1 Å². The number of pyridine rings is 1. The first-order valence-corrected chi connectivity index (χ1v) is 9.22. The molecule has 0 fully saturated rings. The third-order valence-electron chi connectivity index (χ3n) is 3.67. The zero-order valence-electron chi connectivity index (χ0n) is 14.7. The van der Waals surface area contributed by atoms with Crippen molar-refractivity contribution < 1.29 is 14.3 Å². The third-order valence-corrected chi connectivity index (χ3v) is 5.20. The average Bonchev–Trinajstić information content (AvgIpc) is 2.69. The standard InChI is InChI=1S/C20H17ClN2O3S/c1-25-14-10-13(11-15(12-14)26-2)23-19(24)16-6-5-9-22-20(16)27-18-8-4-3-7-17(18)21/h3-12H,1-2H3,(H,23,24). The zero-order valence-corrected chi connectivity index (χ0v) is 16.3.